The van der Waals surface area contributed by atoms with Crippen molar-refractivity contribution in [3.05, 3.63) is 63.1 Å². The first-order valence-electron chi connectivity index (χ1n) is 6.51. The van der Waals surface area contributed by atoms with E-state index in [9.17, 15) is 0 Å². The molecule has 106 valence electrons. The van der Waals surface area contributed by atoms with Crippen LogP contribution < -0.4 is 5.32 Å². The zero-order chi connectivity index (χ0) is 14.5. The second kappa shape index (κ2) is 7.11. The van der Waals surface area contributed by atoms with Crippen LogP contribution in [0, 0.1) is 0 Å². The van der Waals surface area contributed by atoms with Gasteiger partial charge in [0, 0.05) is 27.8 Å². The van der Waals surface area contributed by atoms with E-state index >= 15 is 0 Å². The highest BCUT2D eigenvalue weighted by Crippen LogP contribution is 2.28. The van der Waals surface area contributed by atoms with Gasteiger partial charge in [-0.25, -0.2) is 0 Å². The lowest BCUT2D eigenvalue weighted by atomic mass is 10.1. The lowest BCUT2D eigenvalue weighted by molar-refractivity contribution is 0.299. The van der Waals surface area contributed by atoms with Gasteiger partial charge in [-0.1, -0.05) is 45.7 Å². The van der Waals surface area contributed by atoms with Crippen molar-refractivity contribution in [2.75, 3.05) is 11.9 Å². The Morgan fingerprint density at radius 3 is 2.50 bits per heavy atom. The van der Waals surface area contributed by atoms with Crippen LogP contribution in [0.15, 0.2) is 46.9 Å². The normalized spacial score (nSPS) is 12.2. The maximum Gasteiger partial charge on any atom is 0.0500 e. The monoisotopic (exact) mass is 353 g/mol. The molecular formula is C16H17BrClNO. The molecule has 2 aromatic rings. The van der Waals surface area contributed by atoms with Crippen LogP contribution in [0.5, 0.6) is 0 Å². The van der Waals surface area contributed by atoms with E-state index in [4.69, 9.17) is 16.7 Å². The fourth-order valence-corrected chi connectivity index (χ4v) is 2.91. The highest BCUT2D eigenvalue weighted by Gasteiger charge is 2.09. The maximum atomic E-state index is 8.90. The molecule has 0 fully saturated rings. The van der Waals surface area contributed by atoms with E-state index in [2.05, 4.69) is 28.2 Å². The molecule has 4 heteroatoms. The fraction of sp³-hybridized carbons (Fsp3) is 0.250. The van der Waals surface area contributed by atoms with E-state index in [1.807, 2.05) is 42.5 Å². The Hall–Kier alpha value is -1.03. The number of halogens is 2. The minimum atomic E-state index is 0.124. The first kappa shape index (κ1) is 15.4. The zero-order valence-corrected chi connectivity index (χ0v) is 13.6. The number of hydrogen-bond acceptors (Lipinski definition) is 2. The average molecular weight is 355 g/mol. The second-order valence-electron chi connectivity index (χ2n) is 4.70. The van der Waals surface area contributed by atoms with E-state index < -0.39 is 0 Å². The molecule has 0 saturated heterocycles. The van der Waals surface area contributed by atoms with Gasteiger partial charge in [-0.05, 0) is 48.7 Å². The summed E-state index contributed by atoms with van der Waals surface area (Å²) in [4.78, 5) is 0. The molecule has 2 aromatic carbocycles. The largest absolute Gasteiger partial charge is 0.396 e. The van der Waals surface area contributed by atoms with Crippen molar-refractivity contribution < 1.29 is 5.11 Å². The number of benzene rings is 2. The molecule has 1 atom stereocenters. The lowest BCUT2D eigenvalue weighted by Gasteiger charge is -2.17. The molecule has 0 aromatic heterocycles. The molecule has 0 aliphatic carbocycles. The van der Waals surface area contributed by atoms with Gasteiger partial charge in [0.05, 0.1) is 0 Å². The van der Waals surface area contributed by atoms with E-state index in [-0.39, 0.29) is 12.6 Å². The summed E-state index contributed by atoms with van der Waals surface area (Å²) in [7, 11) is 0. The zero-order valence-electron chi connectivity index (χ0n) is 11.2. The molecule has 2 rings (SSSR count). The van der Waals surface area contributed by atoms with Gasteiger partial charge in [-0.2, -0.15) is 0 Å². The van der Waals surface area contributed by atoms with Crippen molar-refractivity contribution in [3.63, 3.8) is 0 Å². The number of rotatable bonds is 5. The molecule has 0 aliphatic rings. The first-order valence-corrected chi connectivity index (χ1v) is 7.68. The Kier molecular flexibility index (Phi) is 5.46. The summed E-state index contributed by atoms with van der Waals surface area (Å²) in [6, 6.07) is 14.1. The Labute approximate surface area is 132 Å². The molecule has 2 N–H and O–H groups in total. The Balaban J connectivity index is 2.08. The summed E-state index contributed by atoms with van der Waals surface area (Å²) in [6.45, 7) is 2.26. The summed E-state index contributed by atoms with van der Waals surface area (Å²) in [6.07, 6.45) is 0.689. The SMILES string of the molecule is CC(Nc1ccc(CCO)cc1)c1ccc(Br)cc1Cl. The van der Waals surface area contributed by atoms with Crippen molar-refractivity contribution >= 4 is 33.2 Å². The van der Waals surface area contributed by atoms with Crippen LogP contribution in [0.4, 0.5) is 5.69 Å². The standard InChI is InChI=1S/C16H17BrClNO/c1-11(15-7-4-13(17)10-16(15)18)19-14-5-2-12(3-6-14)8-9-20/h2-7,10-11,19-20H,8-9H2,1H3. The highest BCUT2D eigenvalue weighted by atomic mass is 79.9. The second-order valence-corrected chi connectivity index (χ2v) is 6.03. The number of hydrogen-bond donors (Lipinski definition) is 2. The van der Waals surface area contributed by atoms with Crippen molar-refractivity contribution in [3.8, 4) is 0 Å². The third-order valence-corrected chi connectivity index (χ3v) is 3.99. The predicted octanol–water partition coefficient (Wildman–Crippen LogP) is 4.81. The van der Waals surface area contributed by atoms with Crippen molar-refractivity contribution in [1.82, 2.24) is 0 Å². The minimum Gasteiger partial charge on any atom is -0.396 e. The quantitative estimate of drug-likeness (QED) is 0.807. The maximum absolute atomic E-state index is 8.90. The summed E-state index contributed by atoms with van der Waals surface area (Å²) in [5.41, 5.74) is 3.24. The van der Waals surface area contributed by atoms with E-state index in [0.29, 0.717) is 6.42 Å². The Bertz CT molecular complexity index is 571. The average Bonchev–Trinajstić information content (AvgIpc) is 2.41. The summed E-state index contributed by atoms with van der Waals surface area (Å²) in [5.74, 6) is 0. The molecule has 0 amide bonds. The van der Waals surface area contributed by atoms with Crippen molar-refractivity contribution in [1.29, 1.82) is 0 Å². The molecule has 0 aliphatic heterocycles. The van der Waals surface area contributed by atoms with Crippen LogP contribution in [0.1, 0.15) is 24.1 Å². The van der Waals surface area contributed by atoms with Crippen molar-refractivity contribution in [2.24, 2.45) is 0 Å². The molecule has 0 saturated carbocycles. The molecular weight excluding hydrogens is 338 g/mol. The van der Waals surface area contributed by atoms with Crippen LogP contribution in [0.2, 0.25) is 5.02 Å². The molecule has 20 heavy (non-hydrogen) atoms. The van der Waals surface area contributed by atoms with E-state index in [1.165, 1.54) is 0 Å². The number of anilines is 1. The van der Waals surface area contributed by atoms with Gasteiger partial charge >= 0.3 is 0 Å². The van der Waals surface area contributed by atoms with Gasteiger partial charge in [-0.3, -0.25) is 0 Å². The van der Waals surface area contributed by atoms with E-state index in [1.54, 1.807) is 0 Å². The first-order chi connectivity index (χ1) is 9.60. The summed E-state index contributed by atoms with van der Waals surface area (Å²) in [5, 5.41) is 13.1. The minimum absolute atomic E-state index is 0.124. The summed E-state index contributed by atoms with van der Waals surface area (Å²) >= 11 is 9.67. The summed E-state index contributed by atoms with van der Waals surface area (Å²) < 4.78 is 0.979. The third kappa shape index (κ3) is 3.98. The number of aliphatic hydroxyl groups is 1. The van der Waals surface area contributed by atoms with Gasteiger partial charge in [0.1, 0.15) is 0 Å². The van der Waals surface area contributed by atoms with E-state index in [0.717, 1.165) is 26.3 Å². The number of nitrogens with one attached hydrogen (secondary N) is 1. The van der Waals surface area contributed by atoms with Crippen LogP contribution >= 0.6 is 27.5 Å². The Morgan fingerprint density at radius 2 is 1.90 bits per heavy atom. The van der Waals surface area contributed by atoms with Crippen LogP contribution in [0.3, 0.4) is 0 Å². The van der Waals surface area contributed by atoms with Gasteiger partial charge in [0.15, 0.2) is 0 Å². The fourth-order valence-electron chi connectivity index (χ4n) is 2.08. The molecule has 0 heterocycles. The van der Waals surface area contributed by atoms with Gasteiger partial charge < -0.3 is 10.4 Å². The van der Waals surface area contributed by atoms with Crippen molar-refractivity contribution in [2.45, 2.75) is 19.4 Å². The van der Waals surface area contributed by atoms with Crippen LogP contribution in [-0.2, 0) is 6.42 Å². The van der Waals surface area contributed by atoms with Gasteiger partial charge in [0.25, 0.3) is 0 Å². The molecule has 0 radical (unpaired) electrons. The molecule has 1 unspecified atom stereocenters. The van der Waals surface area contributed by atoms with Crippen LogP contribution in [-0.4, -0.2) is 11.7 Å². The molecule has 2 nitrogen and oxygen atoms in total. The highest BCUT2D eigenvalue weighted by molar-refractivity contribution is 9.10. The number of aliphatic hydroxyl groups excluding tert-OH is 1. The smallest absolute Gasteiger partial charge is 0.0500 e. The molecule has 0 bridgehead atoms. The lowest BCUT2D eigenvalue weighted by Crippen LogP contribution is -2.07. The van der Waals surface area contributed by atoms with Gasteiger partial charge in [-0.15, -0.1) is 0 Å². The Morgan fingerprint density at radius 1 is 1.20 bits per heavy atom. The predicted molar refractivity (Wildman–Crippen MR) is 88.4 cm³/mol. The topological polar surface area (TPSA) is 32.3 Å². The molecule has 0 spiro atoms. The van der Waals surface area contributed by atoms with Crippen LogP contribution in [0.25, 0.3) is 0 Å². The van der Waals surface area contributed by atoms with Gasteiger partial charge in [0.2, 0.25) is 0 Å². The third-order valence-electron chi connectivity index (χ3n) is 3.17.